The highest BCUT2D eigenvalue weighted by atomic mass is 35.5. The monoisotopic (exact) mass is 380 g/mol. The van der Waals surface area contributed by atoms with Gasteiger partial charge in [0.15, 0.2) is 11.6 Å². The first-order valence-electron chi connectivity index (χ1n) is 7.20. The van der Waals surface area contributed by atoms with Gasteiger partial charge in [0, 0.05) is 28.5 Å². The predicted octanol–water partition coefficient (Wildman–Crippen LogP) is 5.86. The van der Waals surface area contributed by atoms with Crippen LogP contribution in [0, 0.1) is 18.6 Å². The summed E-state index contributed by atoms with van der Waals surface area (Å²) >= 11 is 12.1. The van der Waals surface area contributed by atoms with Crippen molar-refractivity contribution in [2.75, 3.05) is 10.6 Å². The third-order valence-corrected chi connectivity index (χ3v) is 3.79. The average molecular weight is 381 g/mol. The Morgan fingerprint density at radius 2 is 1.68 bits per heavy atom. The lowest BCUT2D eigenvalue weighted by molar-refractivity contribution is 0.509. The summed E-state index contributed by atoms with van der Waals surface area (Å²) in [6.07, 6.45) is 0. The molecule has 25 heavy (non-hydrogen) atoms. The van der Waals surface area contributed by atoms with Crippen LogP contribution in [0.5, 0.6) is 0 Å². The van der Waals surface area contributed by atoms with Gasteiger partial charge in [-0.2, -0.15) is 4.98 Å². The lowest BCUT2D eigenvalue weighted by atomic mass is 10.3. The minimum Gasteiger partial charge on any atom is -0.339 e. The van der Waals surface area contributed by atoms with Crippen LogP contribution in [0.4, 0.5) is 31.9 Å². The molecule has 4 nitrogen and oxygen atoms in total. The number of halogens is 4. The van der Waals surface area contributed by atoms with E-state index in [0.717, 1.165) is 12.1 Å². The van der Waals surface area contributed by atoms with Gasteiger partial charge in [0.2, 0.25) is 5.95 Å². The van der Waals surface area contributed by atoms with Gasteiger partial charge in [-0.15, -0.1) is 0 Å². The van der Waals surface area contributed by atoms with Gasteiger partial charge in [-0.3, -0.25) is 0 Å². The Balaban J connectivity index is 1.87. The topological polar surface area (TPSA) is 49.8 Å². The van der Waals surface area contributed by atoms with E-state index in [1.807, 2.05) is 0 Å². The molecule has 0 fully saturated rings. The summed E-state index contributed by atoms with van der Waals surface area (Å²) in [6, 6.07) is 10.2. The zero-order valence-electron chi connectivity index (χ0n) is 12.9. The molecule has 3 rings (SSSR count). The highest BCUT2D eigenvalue weighted by Gasteiger charge is 2.08. The molecule has 2 N–H and O–H groups in total. The molecule has 0 saturated heterocycles. The first kappa shape index (κ1) is 17.4. The van der Waals surface area contributed by atoms with Gasteiger partial charge in [-0.1, -0.05) is 23.2 Å². The van der Waals surface area contributed by atoms with Crippen LogP contribution in [0.3, 0.4) is 0 Å². The number of anilines is 4. The number of nitrogens with zero attached hydrogens (tertiary/aromatic N) is 2. The summed E-state index contributed by atoms with van der Waals surface area (Å²) in [5, 5.41) is 6.90. The van der Waals surface area contributed by atoms with Crippen molar-refractivity contribution < 1.29 is 8.78 Å². The molecule has 128 valence electrons. The summed E-state index contributed by atoms with van der Waals surface area (Å²) in [5.41, 5.74) is 1.59. The van der Waals surface area contributed by atoms with E-state index in [1.165, 1.54) is 6.07 Å². The van der Waals surface area contributed by atoms with Gasteiger partial charge in [0.25, 0.3) is 0 Å². The van der Waals surface area contributed by atoms with Crippen LogP contribution in [-0.4, -0.2) is 9.97 Å². The second-order valence-electron chi connectivity index (χ2n) is 5.22. The number of hydrogen-bond donors (Lipinski definition) is 2. The van der Waals surface area contributed by atoms with E-state index in [0.29, 0.717) is 32.9 Å². The summed E-state index contributed by atoms with van der Waals surface area (Å²) in [5.74, 6) is -1.18. The standard InChI is InChI=1S/C17H12Cl2F2N4/c1-9-6-16(24-15-7-10(18)2-4-12(15)19)25-17(22-9)23-11-3-5-13(20)14(21)8-11/h2-8H,1H3,(H2,22,23,24,25). The third kappa shape index (κ3) is 4.35. The summed E-state index contributed by atoms with van der Waals surface area (Å²) < 4.78 is 26.3. The Morgan fingerprint density at radius 3 is 2.44 bits per heavy atom. The Morgan fingerprint density at radius 1 is 0.880 bits per heavy atom. The first-order valence-corrected chi connectivity index (χ1v) is 7.96. The fraction of sp³-hybridized carbons (Fsp3) is 0.0588. The Kier molecular flexibility index (Phi) is 5.01. The molecule has 0 aliphatic rings. The zero-order valence-corrected chi connectivity index (χ0v) is 14.5. The molecule has 0 atom stereocenters. The van der Waals surface area contributed by atoms with Crippen LogP contribution >= 0.6 is 23.2 Å². The molecule has 8 heteroatoms. The van der Waals surface area contributed by atoms with E-state index in [2.05, 4.69) is 20.6 Å². The molecule has 3 aromatic rings. The molecular weight excluding hydrogens is 369 g/mol. The second kappa shape index (κ2) is 7.21. The SMILES string of the molecule is Cc1cc(Nc2cc(Cl)ccc2Cl)nc(Nc2ccc(F)c(F)c2)n1. The molecule has 0 unspecified atom stereocenters. The summed E-state index contributed by atoms with van der Waals surface area (Å²) in [6.45, 7) is 1.78. The predicted molar refractivity (Wildman–Crippen MR) is 96.2 cm³/mol. The van der Waals surface area contributed by atoms with Gasteiger partial charge >= 0.3 is 0 Å². The van der Waals surface area contributed by atoms with Gasteiger partial charge in [0.1, 0.15) is 5.82 Å². The van der Waals surface area contributed by atoms with E-state index in [9.17, 15) is 8.78 Å². The van der Waals surface area contributed by atoms with Crippen LogP contribution < -0.4 is 10.6 Å². The van der Waals surface area contributed by atoms with Gasteiger partial charge < -0.3 is 10.6 Å². The van der Waals surface area contributed by atoms with Crippen molar-refractivity contribution in [3.63, 3.8) is 0 Å². The maximum Gasteiger partial charge on any atom is 0.229 e. The normalized spacial score (nSPS) is 10.6. The maximum atomic E-state index is 13.3. The molecule has 0 radical (unpaired) electrons. The van der Waals surface area contributed by atoms with Gasteiger partial charge in [-0.05, 0) is 37.3 Å². The van der Waals surface area contributed by atoms with E-state index in [1.54, 1.807) is 31.2 Å². The molecule has 0 amide bonds. The lowest BCUT2D eigenvalue weighted by Crippen LogP contribution is -2.03. The van der Waals surface area contributed by atoms with Crippen molar-refractivity contribution in [3.05, 3.63) is 69.8 Å². The van der Waals surface area contributed by atoms with Gasteiger partial charge in [-0.25, -0.2) is 13.8 Å². The molecular formula is C17H12Cl2F2N4. The van der Waals surface area contributed by atoms with Crippen molar-refractivity contribution >= 4 is 46.3 Å². The van der Waals surface area contributed by atoms with E-state index in [-0.39, 0.29) is 5.95 Å². The molecule has 0 aliphatic heterocycles. The Hall–Kier alpha value is -2.44. The number of rotatable bonds is 4. The van der Waals surface area contributed by atoms with Crippen molar-refractivity contribution in [1.29, 1.82) is 0 Å². The smallest absolute Gasteiger partial charge is 0.229 e. The summed E-state index contributed by atoms with van der Waals surface area (Å²) in [7, 11) is 0. The minimum atomic E-state index is -0.957. The molecule has 0 aliphatic carbocycles. The second-order valence-corrected chi connectivity index (χ2v) is 6.06. The number of nitrogens with one attached hydrogen (secondary N) is 2. The number of aromatic nitrogens is 2. The van der Waals surface area contributed by atoms with Crippen LogP contribution in [0.25, 0.3) is 0 Å². The van der Waals surface area contributed by atoms with Crippen molar-refractivity contribution in [2.24, 2.45) is 0 Å². The third-order valence-electron chi connectivity index (χ3n) is 3.22. The summed E-state index contributed by atoms with van der Waals surface area (Å²) in [4.78, 5) is 8.52. The number of hydrogen-bond acceptors (Lipinski definition) is 4. The molecule has 1 heterocycles. The minimum absolute atomic E-state index is 0.228. The molecule has 0 saturated carbocycles. The van der Waals surface area contributed by atoms with E-state index >= 15 is 0 Å². The van der Waals surface area contributed by atoms with E-state index < -0.39 is 11.6 Å². The quantitative estimate of drug-likeness (QED) is 0.595. The van der Waals surface area contributed by atoms with Crippen molar-refractivity contribution in [2.45, 2.75) is 6.92 Å². The van der Waals surface area contributed by atoms with E-state index in [4.69, 9.17) is 23.2 Å². The van der Waals surface area contributed by atoms with Crippen molar-refractivity contribution in [3.8, 4) is 0 Å². The fourth-order valence-electron chi connectivity index (χ4n) is 2.12. The Labute approximate surface area is 152 Å². The zero-order chi connectivity index (χ0) is 18.0. The van der Waals surface area contributed by atoms with Crippen LogP contribution in [-0.2, 0) is 0 Å². The maximum absolute atomic E-state index is 13.3. The molecule has 0 bridgehead atoms. The number of benzene rings is 2. The van der Waals surface area contributed by atoms with Crippen LogP contribution in [0.15, 0.2) is 42.5 Å². The molecule has 1 aromatic heterocycles. The van der Waals surface area contributed by atoms with Crippen LogP contribution in [0.1, 0.15) is 5.69 Å². The van der Waals surface area contributed by atoms with Crippen molar-refractivity contribution in [1.82, 2.24) is 9.97 Å². The lowest BCUT2D eigenvalue weighted by Gasteiger charge is -2.11. The van der Waals surface area contributed by atoms with Crippen LogP contribution in [0.2, 0.25) is 10.0 Å². The first-order chi connectivity index (χ1) is 11.9. The molecule has 0 spiro atoms. The fourth-order valence-corrected chi connectivity index (χ4v) is 2.46. The highest BCUT2D eigenvalue weighted by Crippen LogP contribution is 2.28. The molecule has 2 aromatic carbocycles. The average Bonchev–Trinajstić information content (AvgIpc) is 2.54. The van der Waals surface area contributed by atoms with Gasteiger partial charge in [0.05, 0.1) is 10.7 Å². The number of aryl methyl sites for hydroxylation is 1. The largest absolute Gasteiger partial charge is 0.339 e. The Bertz CT molecular complexity index is 935. The highest BCUT2D eigenvalue weighted by molar-refractivity contribution is 6.35.